The first-order valence-electron chi connectivity index (χ1n) is 6.33. The van der Waals surface area contributed by atoms with E-state index >= 15 is 0 Å². The van der Waals surface area contributed by atoms with Gasteiger partial charge in [0.25, 0.3) is 0 Å². The van der Waals surface area contributed by atoms with E-state index in [0.717, 1.165) is 16.6 Å². The molecule has 1 N–H and O–H groups in total. The van der Waals surface area contributed by atoms with Crippen molar-refractivity contribution in [1.29, 1.82) is 0 Å². The highest BCUT2D eigenvalue weighted by atomic mass is 79.9. The van der Waals surface area contributed by atoms with Crippen molar-refractivity contribution in [3.8, 4) is 5.75 Å². The number of hydroxylamine groups is 1. The van der Waals surface area contributed by atoms with Crippen LogP contribution in [0.2, 0.25) is 0 Å². The van der Waals surface area contributed by atoms with Crippen LogP contribution < -0.4 is 10.2 Å². The SMILES string of the molecule is CONCc1c(C)c2c(c(Br)c1OC)CCCC2. The molecular formula is C14H20BrNO2. The van der Waals surface area contributed by atoms with Gasteiger partial charge in [-0.1, -0.05) is 0 Å². The molecular weight excluding hydrogens is 294 g/mol. The summed E-state index contributed by atoms with van der Waals surface area (Å²) in [6, 6.07) is 0. The summed E-state index contributed by atoms with van der Waals surface area (Å²) in [5, 5.41) is 0. The van der Waals surface area contributed by atoms with Crippen LogP contribution in [0.15, 0.2) is 4.47 Å². The summed E-state index contributed by atoms with van der Waals surface area (Å²) in [7, 11) is 3.36. The van der Waals surface area contributed by atoms with E-state index in [2.05, 4.69) is 28.3 Å². The molecule has 0 atom stereocenters. The normalized spacial score (nSPS) is 14.4. The zero-order valence-corrected chi connectivity index (χ0v) is 12.8. The first-order valence-corrected chi connectivity index (χ1v) is 7.12. The van der Waals surface area contributed by atoms with Crippen LogP contribution in [0.4, 0.5) is 0 Å². The second-order valence-electron chi connectivity index (χ2n) is 4.64. The van der Waals surface area contributed by atoms with Crippen molar-refractivity contribution in [3.63, 3.8) is 0 Å². The van der Waals surface area contributed by atoms with Gasteiger partial charge in [0, 0.05) is 12.1 Å². The Morgan fingerprint density at radius 2 is 1.83 bits per heavy atom. The Morgan fingerprint density at radius 3 is 2.44 bits per heavy atom. The Bertz CT molecular complexity index is 446. The summed E-state index contributed by atoms with van der Waals surface area (Å²) in [6.07, 6.45) is 4.86. The van der Waals surface area contributed by atoms with Gasteiger partial charge in [0.1, 0.15) is 5.75 Å². The van der Waals surface area contributed by atoms with E-state index < -0.39 is 0 Å². The lowest BCUT2D eigenvalue weighted by Crippen LogP contribution is -2.16. The van der Waals surface area contributed by atoms with Gasteiger partial charge in [-0.15, -0.1) is 0 Å². The van der Waals surface area contributed by atoms with Crippen LogP contribution in [-0.4, -0.2) is 14.2 Å². The van der Waals surface area contributed by atoms with Crippen molar-refractivity contribution in [2.45, 2.75) is 39.2 Å². The fraction of sp³-hybridized carbons (Fsp3) is 0.571. The number of hydrogen-bond donors (Lipinski definition) is 1. The van der Waals surface area contributed by atoms with E-state index in [4.69, 9.17) is 9.57 Å². The van der Waals surface area contributed by atoms with Crippen LogP contribution in [0.3, 0.4) is 0 Å². The van der Waals surface area contributed by atoms with E-state index in [1.54, 1.807) is 14.2 Å². The highest BCUT2D eigenvalue weighted by Crippen LogP contribution is 2.40. The molecule has 100 valence electrons. The Labute approximate surface area is 117 Å². The topological polar surface area (TPSA) is 30.5 Å². The number of benzene rings is 1. The second-order valence-corrected chi connectivity index (χ2v) is 5.43. The van der Waals surface area contributed by atoms with E-state index in [9.17, 15) is 0 Å². The molecule has 0 amide bonds. The highest BCUT2D eigenvalue weighted by Gasteiger charge is 2.22. The van der Waals surface area contributed by atoms with Gasteiger partial charge in [0.15, 0.2) is 0 Å². The molecule has 3 nitrogen and oxygen atoms in total. The van der Waals surface area contributed by atoms with Gasteiger partial charge in [-0.2, -0.15) is 5.48 Å². The Morgan fingerprint density at radius 1 is 1.17 bits per heavy atom. The summed E-state index contributed by atoms with van der Waals surface area (Å²) in [6.45, 7) is 2.85. The number of hydrogen-bond acceptors (Lipinski definition) is 3. The number of fused-ring (bicyclic) bond motifs is 1. The molecule has 1 aromatic carbocycles. The molecule has 0 unspecified atom stereocenters. The molecule has 0 saturated heterocycles. The third kappa shape index (κ3) is 2.42. The lowest BCUT2D eigenvalue weighted by Gasteiger charge is -2.25. The van der Waals surface area contributed by atoms with Crippen molar-refractivity contribution in [2.24, 2.45) is 0 Å². The average molecular weight is 314 g/mol. The molecule has 1 aliphatic rings. The molecule has 0 spiro atoms. The van der Waals surface area contributed by atoms with Gasteiger partial charge in [-0.3, -0.25) is 0 Å². The minimum absolute atomic E-state index is 0.664. The zero-order chi connectivity index (χ0) is 13.1. The predicted octanol–water partition coefficient (Wildman–Crippen LogP) is 3.30. The van der Waals surface area contributed by atoms with Crippen LogP contribution in [0.5, 0.6) is 5.75 Å². The fourth-order valence-corrected chi connectivity index (χ4v) is 3.59. The summed E-state index contributed by atoms with van der Waals surface area (Å²) >= 11 is 3.71. The Balaban J connectivity index is 2.53. The van der Waals surface area contributed by atoms with Gasteiger partial charge < -0.3 is 9.57 Å². The first kappa shape index (κ1) is 13.8. The van der Waals surface area contributed by atoms with Crippen molar-refractivity contribution in [3.05, 3.63) is 26.7 Å². The van der Waals surface area contributed by atoms with Crippen molar-refractivity contribution >= 4 is 15.9 Å². The number of ether oxygens (including phenoxy) is 1. The summed E-state index contributed by atoms with van der Waals surface area (Å²) in [4.78, 5) is 4.96. The zero-order valence-electron chi connectivity index (χ0n) is 11.2. The van der Waals surface area contributed by atoms with Gasteiger partial charge in [-0.05, 0) is 65.2 Å². The molecule has 0 saturated carbocycles. The van der Waals surface area contributed by atoms with Gasteiger partial charge in [0.2, 0.25) is 0 Å². The molecule has 1 aliphatic carbocycles. The Hall–Kier alpha value is -0.580. The maximum Gasteiger partial charge on any atom is 0.138 e. The average Bonchev–Trinajstić information content (AvgIpc) is 2.41. The van der Waals surface area contributed by atoms with E-state index in [-0.39, 0.29) is 0 Å². The minimum atomic E-state index is 0.664. The number of nitrogens with one attached hydrogen (secondary N) is 1. The summed E-state index contributed by atoms with van der Waals surface area (Å²) in [5.74, 6) is 0.942. The largest absolute Gasteiger partial charge is 0.495 e. The molecule has 0 bridgehead atoms. The lowest BCUT2D eigenvalue weighted by atomic mass is 9.86. The summed E-state index contributed by atoms with van der Waals surface area (Å²) in [5.41, 5.74) is 8.36. The molecule has 1 aromatic rings. The third-order valence-corrected chi connectivity index (χ3v) is 4.55. The number of rotatable bonds is 4. The standard InChI is InChI=1S/C14H20BrNO2/c1-9-10-6-4-5-7-11(10)13(15)14(17-2)12(9)8-16-18-3/h16H,4-8H2,1-3H3. The maximum atomic E-state index is 5.58. The molecule has 0 radical (unpaired) electrons. The minimum Gasteiger partial charge on any atom is -0.495 e. The first-order chi connectivity index (χ1) is 8.70. The number of halogens is 1. The van der Waals surface area contributed by atoms with Crippen molar-refractivity contribution in [2.75, 3.05) is 14.2 Å². The summed E-state index contributed by atoms with van der Waals surface area (Å²) < 4.78 is 6.70. The molecule has 0 heterocycles. The lowest BCUT2D eigenvalue weighted by molar-refractivity contribution is 0.0859. The number of methoxy groups -OCH3 is 1. The van der Waals surface area contributed by atoms with Crippen LogP contribution in [0.1, 0.15) is 35.1 Å². The van der Waals surface area contributed by atoms with Crippen molar-refractivity contribution in [1.82, 2.24) is 5.48 Å². The maximum absolute atomic E-state index is 5.58. The van der Waals surface area contributed by atoms with Crippen LogP contribution in [-0.2, 0) is 24.2 Å². The van der Waals surface area contributed by atoms with E-state index in [0.29, 0.717) is 6.54 Å². The van der Waals surface area contributed by atoms with Gasteiger partial charge in [0.05, 0.1) is 18.7 Å². The smallest absolute Gasteiger partial charge is 0.138 e. The monoisotopic (exact) mass is 313 g/mol. The van der Waals surface area contributed by atoms with Crippen molar-refractivity contribution < 1.29 is 9.57 Å². The highest BCUT2D eigenvalue weighted by molar-refractivity contribution is 9.10. The van der Waals surface area contributed by atoms with E-state index in [1.807, 2.05) is 0 Å². The third-order valence-electron chi connectivity index (χ3n) is 3.71. The fourth-order valence-electron chi connectivity index (χ4n) is 2.75. The van der Waals surface area contributed by atoms with Gasteiger partial charge in [-0.25, -0.2) is 0 Å². The Kier molecular flexibility index (Phi) is 4.65. The molecule has 4 heteroatoms. The predicted molar refractivity (Wildman–Crippen MR) is 75.9 cm³/mol. The molecule has 0 aliphatic heterocycles. The van der Waals surface area contributed by atoms with Crippen LogP contribution in [0.25, 0.3) is 0 Å². The molecule has 2 rings (SSSR count). The quantitative estimate of drug-likeness (QED) is 0.865. The molecule has 18 heavy (non-hydrogen) atoms. The van der Waals surface area contributed by atoms with E-state index in [1.165, 1.54) is 41.5 Å². The van der Waals surface area contributed by atoms with Gasteiger partial charge >= 0.3 is 0 Å². The van der Waals surface area contributed by atoms with Crippen LogP contribution >= 0.6 is 15.9 Å². The molecule has 0 fully saturated rings. The second kappa shape index (κ2) is 6.04. The van der Waals surface area contributed by atoms with Crippen LogP contribution in [0, 0.1) is 6.92 Å². The molecule has 0 aromatic heterocycles.